The Kier molecular flexibility index (Phi) is 4.63. The van der Waals surface area contributed by atoms with Gasteiger partial charge in [0.15, 0.2) is 5.82 Å². The van der Waals surface area contributed by atoms with Crippen molar-refractivity contribution in [3.05, 3.63) is 60.6 Å². The summed E-state index contributed by atoms with van der Waals surface area (Å²) in [6.07, 6.45) is 1.67. The van der Waals surface area contributed by atoms with Gasteiger partial charge in [-0.25, -0.2) is 9.97 Å². The fourth-order valence-corrected chi connectivity index (χ4v) is 2.88. The van der Waals surface area contributed by atoms with Crippen LogP contribution >= 0.6 is 0 Å². The zero-order chi connectivity index (χ0) is 18.0. The molecule has 1 aromatic carbocycles. The molecule has 3 aromatic rings. The molecule has 4 nitrogen and oxygen atoms in total. The highest BCUT2D eigenvalue weighted by Crippen LogP contribution is 2.32. The molecule has 8 heteroatoms. The average Bonchev–Trinajstić information content (AvgIpc) is 2.61. The van der Waals surface area contributed by atoms with Gasteiger partial charge in [0.05, 0.1) is 27.0 Å². The van der Waals surface area contributed by atoms with Gasteiger partial charge in [-0.2, -0.15) is 13.2 Å². The van der Waals surface area contributed by atoms with E-state index in [-0.39, 0.29) is 0 Å². The van der Waals surface area contributed by atoms with Gasteiger partial charge in [0.1, 0.15) is 0 Å². The minimum Gasteiger partial charge on any atom is -0.264 e. The summed E-state index contributed by atoms with van der Waals surface area (Å²) < 4.78 is 50.2. The predicted octanol–water partition coefficient (Wildman–Crippen LogP) is 3.96. The maximum absolute atomic E-state index is 12.7. The Morgan fingerprint density at radius 1 is 1.00 bits per heavy atom. The van der Waals surface area contributed by atoms with Gasteiger partial charge >= 0.3 is 6.18 Å². The first-order valence-electron chi connectivity index (χ1n) is 7.15. The molecule has 1 unspecified atom stereocenters. The van der Waals surface area contributed by atoms with Crippen LogP contribution in [0.15, 0.2) is 59.9 Å². The first kappa shape index (κ1) is 17.2. The second-order valence-corrected chi connectivity index (χ2v) is 6.53. The topological polar surface area (TPSA) is 55.7 Å². The Labute approximate surface area is 144 Å². The van der Waals surface area contributed by atoms with Crippen molar-refractivity contribution >= 4 is 10.8 Å². The zero-order valence-corrected chi connectivity index (χ0v) is 13.8. The van der Waals surface area contributed by atoms with Crippen LogP contribution in [-0.2, 0) is 17.0 Å². The van der Waals surface area contributed by atoms with Gasteiger partial charge in [0, 0.05) is 36.0 Å². The van der Waals surface area contributed by atoms with Crippen LogP contribution in [0.3, 0.4) is 0 Å². The molecule has 0 fully saturated rings. The SMILES string of the molecule is CS(=O)c1cnc(-c2cccnc2)nc1-c1ccc(C(F)(F)F)cc1. The van der Waals surface area contributed by atoms with Crippen LogP contribution in [0.1, 0.15) is 5.56 Å². The largest absolute Gasteiger partial charge is 0.416 e. The van der Waals surface area contributed by atoms with E-state index < -0.39 is 22.5 Å². The van der Waals surface area contributed by atoms with E-state index in [1.807, 2.05) is 0 Å². The van der Waals surface area contributed by atoms with Crippen LogP contribution in [-0.4, -0.2) is 25.4 Å². The number of halogens is 3. The average molecular weight is 363 g/mol. The third kappa shape index (κ3) is 3.74. The third-order valence-corrected chi connectivity index (χ3v) is 4.39. The van der Waals surface area contributed by atoms with Crippen LogP contribution in [0.2, 0.25) is 0 Å². The summed E-state index contributed by atoms with van der Waals surface area (Å²) in [7, 11) is -1.39. The molecule has 0 spiro atoms. The molecule has 3 rings (SSSR count). The standard InChI is InChI=1S/C17H12F3N3OS/c1-25(24)14-10-22-16(12-3-2-8-21-9-12)23-15(14)11-4-6-13(7-5-11)17(18,19)20/h2-10H,1H3. The molecule has 0 radical (unpaired) electrons. The van der Waals surface area contributed by atoms with E-state index in [1.54, 1.807) is 24.5 Å². The molecular formula is C17H12F3N3OS. The molecule has 0 bridgehead atoms. The number of aromatic nitrogens is 3. The van der Waals surface area contributed by atoms with E-state index >= 15 is 0 Å². The van der Waals surface area contributed by atoms with E-state index in [1.165, 1.54) is 24.6 Å². The maximum atomic E-state index is 12.7. The summed E-state index contributed by atoms with van der Waals surface area (Å²) >= 11 is 0. The Hall–Kier alpha value is -2.61. The monoisotopic (exact) mass is 363 g/mol. The molecule has 0 aliphatic carbocycles. The van der Waals surface area contributed by atoms with Crippen molar-refractivity contribution in [2.45, 2.75) is 11.1 Å². The van der Waals surface area contributed by atoms with Crippen LogP contribution < -0.4 is 0 Å². The number of rotatable bonds is 3. The number of nitrogens with zero attached hydrogens (tertiary/aromatic N) is 3. The van der Waals surface area contributed by atoms with Gasteiger partial charge in [0.25, 0.3) is 0 Å². The zero-order valence-electron chi connectivity index (χ0n) is 13.0. The van der Waals surface area contributed by atoms with Crippen molar-refractivity contribution in [3.63, 3.8) is 0 Å². The fourth-order valence-electron chi connectivity index (χ4n) is 2.24. The molecule has 0 amide bonds. The number of pyridine rings is 1. The normalized spacial score (nSPS) is 12.8. The highest BCUT2D eigenvalue weighted by atomic mass is 32.2. The molecule has 0 N–H and O–H groups in total. The number of benzene rings is 1. The Balaban J connectivity index is 2.11. The fraction of sp³-hybridized carbons (Fsp3) is 0.118. The van der Waals surface area contributed by atoms with Gasteiger partial charge in [-0.1, -0.05) is 12.1 Å². The molecule has 0 saturated heterocycles. The summed E-state index contributed by atoms with van der Waals surface area (Å²) in [5.74, 6) is 0.359. The quantitative estimate of drug-likeness (QED) is 0.707. The van der Waals surface area contributed by atoms with Crippen molar-refractivity contribution < 1.29 is 17.4 Å². The van der Waals surface area contributed by atoms with E-state index in [0.717, 1.165) is 12.1 Å². The molecule has 0 saturated carbocycles. The molecule has 2 heterocycles. The molecule has 0 aliphatic heterocycles. The van der Waals surface area contributed by atoms with Gasteiger partial charge in [-0.05, 0) is 24.3 Å². The lowest BCUT2D eigenvalue weighted by molar-refractivity contribution is -0.137. The van der Waals surface area contributed by atoms with E-state index in [9.17, 15) is 17.4 Å². The van der Waals surface area contributed by atoms with E-state index in [4.69, 9.17) is 0 Å². The smallest absolute Gasteiger partial charge is 0.264 e. The van der Waals surface area contributed by atoms with Crippen LogP contribution in [0.25, 0.3) is 22.6 Å². The van der Waals surface area contributed by atoms with Gasteiger partial charge in [-0.3, -0.25) is 9.19 Å². The summed E-state index contributed by atoms with van der Waals surface area (Å²) in [5, 5.41) is 0. The summed E-state index contributed by atoms with van der Waals surface area (Å²) in [6, 6.07) is 8.07. The lowest BCUT2D eigenvalue weighted by atomic mass is 10.1. The minimum absolute atomic E-state index is 0.336. The molecular weight excluding hydrogens is 351 g/mol. The van der Waals surface area contributed by atoms with Gasteiger partial charge < -0.3 is 0 Å². The second-order valence-electron chi connectivity index (χ2n) is 5.18. The molecule has 1 atom stereocenters. The minimum atomic E-state index is -4.42. The Bertz CT molecular complexity index is 913. The summed E-state index contributed by atoms with van der Waals surface area (Å²) in [5.41, 5.74) is 0.676. The van der Waals surface area contributed by atoms with Gasteiger partial charge in [0.2, 0.25) is 0 Å². The first-order chi connectivity index (χ1) is 11.9. The summed E-state index contributed by atoms with van der Waals surface area (Å²) in [6.45, 7) is 0. The lowest BCUT2D eigenvalue weighted by Gasteiger charge is -2.11. The highest BCUT2D eigenvalue weighted by molar-refractivity contribution is 7.84. The first-order valence-corrected chi connectivity index (χ1v) is 8.70. The van der Waals surface area contributed by atoms with Gasteiger partial charge in [-0.15, -0.1) is 0 Å². The molecule has 128 valence electrons. The number of hydrogen-bond donors (Lipinski definition) is 0. The van der Waals surface area contributed by atoms with Crippen LogP contribution in [0.4, 0.5) is 13.2 Å². The maximum Gasteiger partial charge on any atom is 0.416 e. The van der Waals surface area contributed by atoms with Crippen LogP contribution in [0.5, 0.6) is 0 Å². The van der Waals surface area contributed by atoms with Crippen molar-refractivity contribution in [1.29, 1.82) is 0 Å². The van der Waals surface area contributed by atoms with Crippen LogP contribution in [0, 0.1) is 0 Å². The summed E-state index contributed by atoms with van der Waals surface area (Å²) in [4.78, 5) is 12.9. The predicted molar refractivity (Wildman–Crippen MR) is 88.0 cm³/mol. The van der Waals surface area contributed by atoms with E-state index in [2.05, 4.69) is 15.0 Å². The Morgan fingerprint density at radius 2 is 1.72 bits per heavy atom. The molecule has 2 aromatic heterocycles. The third-order valence-electron chi connectivity index (χ3n) is 3.47. The van der Waals surface area contributed by atoms with Crippen molar-refractivity contribution in [2.75, 3.05) is 6.26 Å². The van der Waals surface area contributed by atoms with Crippen molar-refractivity contribution in [3.8, 4) is 22.6 Å². The highest BCUT2D eigenvalue weighted by Gasteiger charge is 2.30. The second kappa shape index (κ2) is 6.72. The number of alkyl halides is 3. The van der Waals surface area contributed by atoms with Crippen molar-refractivity contribution in [1.82, 2.24) is 15.0 Å². The van der Waals surface area contributed by atoms with E-state index in [0.29, 0.717) is 27.5 Å². The number of hydrogen-bond acceptors (Lipinski definition) is 4. The lowest BCUT2D eigenvalue weighted by Crippen LogP contribution is -2.05. The Morgan fingerprint density at radius 3 is 2.28 bits per heavy atom. The molecule has 0 aliphatic rings. The molecule has 25 heavy (non-hydrogen) atoms. The van der Waals surface area contributed by atoms with Crippen molar-refractivity contribution in [2.24, 2.45) is 0 Å².